The Morgan fingerprint density at radius 2 is 1.90 bits per heavy atom. The summed E-state index contributed by atoms with van der Waals surface area (Å²) >= 11 is 0. The third-order valence-corrected chi connectivity index (χ3v) is 2.65. The summed E-state index contributed by atoms with van der Waals surface area (Å²) in [6.07, 6.45) is -2.63. The normalized spacial score (nSPS) is 11.7. The molecule has 0 spiro atoms. The molecule has 0 atom stereocenters. The predicted octanol–water partition coefficient (Wildman–Crippen LogP) is 3.25. The van der Waals surface area contributed by atoms with E-state index in [1.54, 1.807) is 0 Å². The minimum Gasteiger partial charge on any atom is -0.370 e. The quantitative estimate of drug-likeness (QED) is 0.837. The summed E-state index contributed by atoms with van der Waals surface area (Å²) in [6.45, 7) is 5.06. The van der Waals surface area contributed by atoms with Gasteiger partial charge >= 0.3 is 6.18 Å². The van der Waals surface area contributed by atoms with Gasteiger partial charge in [0.2, 0.25) is 0 Å². The number of rotatable bonds is 7. The summed E-state index contributed by atoms with van der Waals surface area (Å²) in [5.41, 5.74) is 1.75. The molecule has 0 aliphatic rings. The molecule has 1 aromatic heterocycles. The summed E-state index contributed by atoms with van der Waals surface area (Å²) in [5, 5.41) is 3.17. The van der Waals surface area contributed by atoms with Gasteiger partial charge in [-0.05, 0) is 19.8 Å². The van der Waals surface area contributed by atoms with E-state index >= 15 is 0 Å². The molecule has 114 valence electrons. The van der Waals surface area contributed by atoms with E-state index in [4.69, 9.17) is 0 Å². The standard InChI is InChI=1S/C13H20F3N3O/c1-4-6-17-12-10(5-2)9(3)18-11(19-12)7-20-8-13(14,15)16/h4-8H2,1-3H3,(H,17,18,19). The summed E-state index contributed by atoms with van der Waals surface area (Å²) in [5.74, 6) is 0.954. The Labute approximate surface area is 116 Å². The van der Waals surface area contributed by atoms with Gasteiger partial charge in [-0.2, -0.15) is 13.2 Å². The summed E-state index contributed by atoms with van der Waals surface area (Å²) in [4.78, 5) is 8.44. The number of aromatic nitrogens is 2. The van der Waals surface area contributed by atoms with E-state index in [9.17, 15) is 13.2 Å². The van der Waals surface area contributed by atoms with Crippen LogP contribution in [0, 0.1) is 6.92 Å². The lowest BCUT2D eigenvalue weighted by Crippen LogP contribution is -2.18. The Balaban J connectivity index is 2.79. The van der Waals surface area contributed by atoms with Gasteiger partial charge in [-0.15, -0.1) is 0 Å². The molecule has 0 unspecified atom stereocenters. The van der Waals surface area contributed by atoms with E-state index in [2.05, 4.69) is 20.0 Å². The van der Waals surface area contributed by atoms with Gasteiger partial charge in [0.1, 0.15) is 19.0 Å². The highest BCUT2D eigenvalue weighted by Gasteiger charge is 2.27. The fourth-order valence-electron chi connectivity index (χ4n) is 1.79. The van der Waals surface area contributed by atoms with Crippen LogP contribution in [0.25, 0.3) is 0 Å². The first kappa shape index (κ1) is 16.7. The van der Waals surface area contributed by atoms with Crippen LogP contribution in [0.2, 0.25) is 0 Å². The molecule has 0 saturated carbocycles. The molecular formula is C13H20F3N3O. The summed E-state index contributed by atoms with van der Waals surface area (Å²) in [6, 6.07) is 0. The van der Waals surface area contributed by atoms with Crippen molar-refractivity contribution in [1.29, 1.82) is 0 Å². The highest BCUT2D eigenvalue weighted by Crippen LogP contribution is 2.19. The van der Waals surface area contributed by atoms with Gasteiger partial charge in [0.25, 0.3) is 0 Å². The van der Waals surface area contributed by atoms with Gasteiger partial charge in [-0.25, -0.2) is 9.97 Å². The van der Waals surface area contributed by atoms with Gasteiger partial charge in [0.05, 0.1) is 0 Å². The zero-order valence-electron chi connectivity index (χ0n) is 12.0. The van der Waals surface area contributed by atoms with Crippen molar-refractivity contribution in [2.24, 2.45) is 0 Å². The van der Waals surface area contributed by atoms with Crippen molar-refractivity contribution >= 4 is 5.82 Å². The molecule has 4 nitrogen and oxygen atoms in total. The molecule has 20 heavy (non-hydrogen) atoms. The van der Waals surface area contributed by atoms with Crippen LogP contribution in [0.4, 0.5) is 19.0 Å². The smallest absolute Gasteiger partial charge is 0.370 e. The Hall–Kier alpha value is -1.37. The molecule has 1 aromatic rings. The molecule has 0 aliphatic heterocycles. The zero-order chi connectivity index (χ0) is 15.2. The van der Waals surface area contributed by atoms with Crippen LogP contribution < -0.4 is 5.32 Å². The molecule has 7 heteroatoms. The second-order valence-electron chi connectivity index (χ2n) is 4.44. The minimum absolute atomic E-state index is 0.245. The SMILES string of the molecule is CCCNc1nc(COCC(F)(F)F)nc(C)c1CC. The van der Waals surface area contributed by atoms with Crippen LogP contribution in [0.15, 0.2) is 0 Å². The summed E-state index contributed by atoms with van der Waals surface area (Å²) < 4.78 is 40.7. The molecule has 0 fully saturated rings. The van der Waals surface area contributed by atoms with E-state index in [0.29, 0.717) is 5.82 Å². The van der Waals surface area contributed by atoms with Crippen LogP contribution in [0.3, 0.4) is 0 Å². The number of hydrogen-bond acceptors (Lipinski definition) is 4. The highest BCUT2D eigenvalue weighted by atomic mass is 19.4. The number of alkyl halides is 3. The molecule has 1 rings (SSSR count). The Kier molecular flexibility index (Phi) is 6.19. The Morgan fingerprint density at radius 1 is 1.20 bits per heavy atom. The lowest BCUT2D eigenvalue weighted by molar-refractivity contribution is -0.177. The maximum Gasteiger partial charge on any atom is 0.411 e. The van der Waals surface area contributed by atoms with Crippen LogP contribution >= 0.6 is 0 Å². The Morgan fingerprint density at radius 3 is 2.45 bits per heavy atom. The van der Waals surface area contributed by atoms with Crippen molar-refractivity contribution in [2.75, 3.05) is 18.5 Å². The first-order chi connectivity index (χ1) is 9.37. The predicted molar refractivity (Wildman–Crippen MR) is 70.6 cm³/mol. The molecule has 1 N–H and O–H groups in total. The third kappa shape index (κ3) is 5.32. The average molecular weight is 291 g/mol. The van der Waals surface area contributed by atoms with Crippen molar-refractivity contribution in [1.82, 2.24) is 9.97 Å². The molecule has 0 bridgehead atoms. The fourth-order valence-corrected chi connectivity index (χ4v) is 1.79. The molecule has 0 aromatic carbocycles. The molecular weight excluding hydrogens is 271 g/mol. The van der Waals surface area contributed by atoms with Crippen LogP contribution in [0.5, 0.6) is 0 Å². The Bertz CT molecular complexity index is 436. The van der Waals surface area contributed by atoms with Gasteiger partial charge in [-0.1, -0.05) is 13.8 Å². The van der Waals surface area contributed by atoms with Crippen molar-refractivity contribution in [3.63, 3.8) is 0 Å². The monoisotopic (exact) mass is 291 g/mol. The van der Waals surface area contributed by atoms with Crippen LogP contribution in [0.1, 0.15) is 37.4 Å². The number of ether oxygens (including phenoxy) is 1. The van der Waals surface area contributed by atoms with Gasteiger partial charge < -0.3 is 10.1 Å². The van der Waals surface area contributed by atoms with E-state index < -0.39 is 12.8 Å². The van der Waals surface area contributed by atoms with E-state index in [1.807, 2.05) is 20.8 Å². The number of aryl methyl sites for hydroxylation is 1. The second kappa shape index (κ2) is 7.42. The third-order valence-electron chi connectivity index (χ3n) is 2.65. The number of nitrogens with one attached hydrogen (secondary N) is 1. The average Bonchev–Trinajstić information content (AvgIpc) is 2.34. The molecule has 0 amide bonds. The second-order valence-corrected chi connectivity index (χ2v) is 4.44. The van der Waals surface area contributed by atoms with Gasteiger partial charge in [0, 0.05) is 17.8 Å². The number of hydrogen-bond donors (Lipinski definition) is 1. The van der Waals surface area contributed by atoms with Crippen molar-refractivity contribution in [2.45, 2.75) is 46.4 Å². The van der Waals surface area contributed by atoms with Gasteiger partial charge in [0.15, 0.2) is 5.82 Å². The molecule has 0 radical (unpaired) electrons. The number of halogens is 3. The van der Waals surface area contributed by atoms with Crippen molar-refractivity contribution in [3.05, 3.63) is 17.1 Å². The van der Waals surface area contributed by atoms with Crippen molar-refractivity contribution in [3.8, 4) is 0 Å². The zero-order valence-corrected chi connectivity index (χ0v) is 12.0. The highest BCUT2D eigenvalue weighted by molar-refractivity contribution is 5.46. The minimum atomic E-state index is -4.33. The maximum absolute atomic E-state index is 12.0. The first-order valence-corrected chi connectivity index (χ1v) is 6.62. The number of nitrogens with zero attached hydrogens (tertiary/aromatic N) is 2. The molecule has 0 saturated heterocycles. The lowest BCUT2D eigenvalue weighted by Gasteiger charge is -2.14. The van der Waals surface area contributed by atoms with Crippen molar-refractivity contribution < 1.29 is 17.9 Å². The van der Waals surface area contributed by atoms with E-state index in [0.717, 1.165) is 30.6 Å². The van der Waals surface area contributed by atoms with E-state index in [-0.39, 0.29) is 12.4 Å². The fraction of sp³-hybridized carbons (Fsp3) is 0.692. The number of anilines is 1. The first-order valence-electron chi connectivity index (χ1n) is 6.62. The summed E-state index contributed by atoms with van der Waals surface area (Å²) in [7, 11) is 0. The van der Waals surface area contributed by atoms with Crippen LogP contribution in [-0.2, 0) is 17.8 Å². The topological polar surface area (TPSA) is 47.0 Å². The van der Waals surface area contributed by atoms with E-state index in [1.165, 1.54) is 0 Å². The van der Waals surface area contributed by atoms with Crippen LogP contribution in [-0.4, -0.2) is 29.3 Å². The maximum atomic E-state index is 12.0. The molecule has 1 heterocycles. The molecule has 0 aliphatic carbocycles. The van der Waals surface area contributed by atoms with Gasteiger partial charge in [-0.3, -0.25) is 0 Å². The largest absolute Gasteiger partial charge is 0.411 e. The lowest BCUT2D eigenvalue weighted by atomic mass is 10.1.